The number of hydrogen-bond acceptors (Lipinski definition) is 6. The van der Waals surface area contributed by atoms with Crippen molar-refractivity contribution in [3.63, 3.8) is 0 Å². The molecule has 0 unspecified atom stereocenters. The Kier molecular flexibility index (Phi) is 12.8. The normalized spacial score (nSPS) is 16.5. The molecule has 3 rings (SSSR count). The molecule has 0 aromatic heterocycles. The highest BCUT2D eigenvalue weighted by Gasteiger charge is 2.50. The minimum atomic E-state index is -1.28. The summed E-state index contributed by atoms with van der Waals surface area (Å²) in [5.41, 5.74) is 0.212. The van der Waals surface area contributed by atoms with Crippen LogP contribution in [0.5, 0.6) is 0 Å². The monoisotopic (exact) mass is 608 g/mol. The summed E-state index contributed by atoms with van der Waals surface area (Å²) in [6, 6.07) is 18.6. The van der Waals surface area contributed by atoms with Gasteiger partial charge in [-0.25, -0.2) is 4.79 Å². The first-order valence-corrected chi connectivity index (χ1v) is 15.9. The van der Waals surface area contributed by atoms with Gasteiger partial charge in [0.1, 0.15) is 17.2 Å². The molecule has 2 aromatic carbocycles. The average Bonchev–Trinajstić information content (AvgIpc) is 2.99. The summed E-state index contributed by atoms with van der Waals surface area (Å²) in [7, 11) is 0. The number of ether oxygens (including phenoxy) is 1. The molecule has 0 aliphatic carbocycles. The lowest BCUT2D eigenvalue weighted by Gasteiger charge is -2.49. The number of carbonyl (C=O) groups is 3. The van der Waals surface area contributed by atoms with Crippen LogP contribution >= 0.6 is 0 Å². The number of piperidine rings is 1. The van der Waals surface area contributed by atoms with Gasteiger partial charge in [0.15, 0.2) is 0 Å². The Balaban J connectivity index is 1.96. The summed E-state index contributed by atoms with van der Waals surface area (Å²) < 4.78 is 5.47. The van der Waals surface area contributed by atoms with Crippen LogP contribution in [-0.2, 0) is 27.4 Å². The number of benzene rings is 2. The molecule has 9 heteroatoms. The van der Waals surface area contributed by atoms with Crippen molar-refractivity contribution < 1.29 is 24.2 Å². The van der Waals surface area contributed by atoms with Crippen molar-refractivity contribution in [1.29, 1.82) is 0 Å². The molecule has 3 N–H and O–H groups in total. The molecular weight excluding hydrogens is 556 g/mol. The number of hydrogen-bond donors (Lipinski definition) is 3. The maximum Gasteiger partial charge on any atom is 0.408 e. The van der Waals surface area contributed by atoms with E-state index in [4.69, 9.17) is 4.74 Å². The van der Waals surface area contributed by atoms with E-state index < -0.39 is 35.3 Å². The minimum Gasteiger partial charge on any atom is -0.444 e. The van der Waals surface area contributed by atoms with Gasteiger partial charge >= 0.3 is 6.09 Å². The minimum absolute atomic E-state index is 0.222. The Morgan fingerprint density at radius 1 is 0.977 bits per heavy atom. The zero-order valence-corrected chi connectivity index (χ0v) is 27.3. The summed E-state index contributed by atoms with van der Waals surface area (Å²) in [5.74, 6) is -1.03. The summed E-state index contributed by atoms with van der Waals surface area (Å²) in [6.07, 6.45) is 0.361. The van der Waals surface area contributed by atoms with Gasteiger partial charge in [0, 0.05) is 32.7 Å². The summed E-state index contributed by atoms with van der Waals surface area (Å²) in [4.78, 5) is 45.7. The first kappa shape index (κ1) is 35.1. The van der Waals surface area contributed by atoms with Crippen LogP contribution in [0.4, 0.5) is 4.79 Å². The van der Waals surface area contributed by atoms with Crippen LogP contribution in [0.2, 0.25) is 0 Å². The molecule has 0 bridgehead atoms. The van der Waals surface area contributed by atoms with E-state index in [0.29, 0.717) is 45.4 Å². The van der Waals surface area contributed by atoms with Crippen LogP contribution in [0, 0.1) is 5.92 Å². The number of amides is 3. The third-order valence-electron chi connectivity index (χ3n) is 8.13. The molecule has 2 atom stereocenters. The zero-order valence-electron chi connectivity index (χ0n) is 27.3. The van der Waals surface area contributed by atoms with Gasteiger partial charge in [-0.3, -0.25) is 14.5 Å². The van der Waals surface area contributed by atoms with Crippen molar-refractivity contribution >= 4 is 17.9 Å². The van der Waals surface area contributed by atoms with Crippen LogP contribution < -0.4 is 10.6 Å². The summed E-state index contributed by atoms with van der Waals surface area (Å²) >= 11 is 0. The molecule has 44 heavy (non-hydrogen) atoms. The number of rotatable bonds is 13. The predicted molar refractivity (Wildman–Crippen MR) is 173 cm³/mol. The van der Waals surface area contributed by atoms with Gasteiger partial charge in [0.25, 0.3) is 0 Å². The Morgan fingerprint density at radius 3 is 2.07 bits per heavy atom. The lowest BCUT2D eigenvalue weighted by molar-refractivity contribution is -0.155. The van der Waals surface area contributed by atoms with Gasteiger partial charge < -0.3 is 25.4 Å². The van der Waals surface area contributed by atoms with Gasteiger partial charge in [0.05, 0.1) is 6.10 Å². The van der Waals surface area contributed by atoms with Gasteiger partial charge in [-0.2, -0.15) is 0 Å². The van der Waals surface area contributed by atoms with E-state index in [1.807, 2.05) is 55.5 Å². The van der Waals surface area contributed by atoms with Crippen molar-refractivity contribution in [3.8, 4) is 0 Å². The number of nitrogens with zero attached hydrogens (tertiary/aromatic N) is 2. The van der Waals surface area contributed by atoms with Gasteiger partial charge in [-0.1, -0.05) is 87.9 Å². The first-order chi connectivity index (χ1) is 20.9. The number of nitrogens with one attached hydrogen (secondary N) is 2. The molecule has 2 aromatic rings. The number of alkyl carbamates (subject to hydrolysis) is 1. The second-order valence-corrected chi connectivity index (χ2v) is 13.2. The molecule has 242 valence electrons. The molecule has 0 spiro atoms. The van der Waals surface area contributed by atoms with E-state index in [9.17, 15) is 19.5 Å². The van der Waals surface area contributed by atoms with E-state index in [2.05, 4.69) is 27.7 Å². The lowest BCUT2D eigenvalue weighted by Crippen LogP contribution is -2.68. The largest absolute Gasteiger partial charge is 0.444 e. The molecule has 1 fully saturated rings. The summed E-state index contributed by atoms with van der Waals surface area (Å²) in [6.45, 7) is 13.5. The van der Waals surface area contributed by atoms with Crippen molar-refractivity contribution in [1.82, 2.24) is 20.4 Å². The number of unbranched alkanes of at least 4 members (excludes halogenated alkanes) is 1. The molecule has 9 nitrogen and oxygen atoms in total. The van der Waals surface area contributed by atoms with Crippen LogP contribution in [0.1, 0.15) is 78.4 Å². The van der Waals surface area contributed by atoms with Crippen molar-refractivity contribution in [2.45, 2.75) is 104 Å². The second-order valence-electron chi connectivity index (χ2n) is 13.2. The summed E-state index contributed by atoms with van der Waals surface area (Å²) in [5, 5.41) is 17.0. The Hall–Kier alpha value is -3.43. The maximum atomic E-state index is 14.6. The Labute approximate surface area is 263 Å². The molecule has 3 amide bonds. The van der Waals surface area contributed by atoms with Crippen molar-refractivity contribution in [3.05, 3.63) is 71.8 Å². The average molecular weight is 609 g/mol. The fourth-order valence-corrected chi connectivity index (χ4v) is 5.62. The predicted octanol–water partition coefficient (Wildman–Crippen LogP) is 4.88. The second kappa shape index (κ2) is 16.0. The molecule has 0 saturated carbocycles. The topological polar surface area (TPSA) is 111 Å². The van der Waals surface area contributed by atoms with Crippen LogP contribution in [0.25, 0.3) is 0 Å². The molecule has 1 heterocycles. The maximum absolute atomic E-state index is 14.6. The highest BCUT2D eigenvalue weighted by molar-refractivity contribution is 5.94. The third-order valence-corrected chi connectivity index (χ3v) is 8.13. The van der Waals surface area contributed by atoms with Crippen LogP contribution in [0.3, 0.4) is 0 Å². The Bertz CT molecular complexity index is 1190. The zero-order chi connectivity index (χ0) is 32.3. The number of aliphatic hydroxyl groups is 1. The fourth-order valence-electron chi connectivity index (χ4n) is 5.62. The van der Waals surface area contributed by atoms with Gasteiger partial charge in [0.2, 0.25) is 11.8 Å². The smallest absolute Gasteiger partial charge is 0.408 e. The number of carbonyl (C=O) groups excluding carboxylic acids is 3. The molecule has 1 saturated heterocycles. The quantitative estimate of drug-likeness (QED) is 0.299. The van der Waals surface area contributed by atoms with E-state index in [1.54, 1.807) is 39.5 Å². The SMILES string of the molecule is CCCCN(C(=O)[C@H](NC(=O)OC(C)(C)C)[C@H](O)C(C)C)C1(C(=O)NCc2ccccc2)CCN(Cc2ccccc2)CC1. The molecule has 1 aliphatic rings. The number of likely N-dealkylation sites (tertiary alicyclic amines) is 1. The van der Waals surface area contributed by atoms with Crippen LogP contribution in [-0.4, -0.2) is 75.7 Å². The van der Waals surface area contributed by atoms with Crippen LogP contribution in [0.15, 0.2) is 60.7 Å². The Morgan fingerprint density at radius 2 is 1.55 bits per heavy atom. The molecule has 1 aliphatic heterocycles. The first-order valence-electron chi connectivity index (χ1n) is 15.9. The van der Waals surface area contributed by atoms with Gasteiger partial charge in [-0.15, -0.1) is 0 Å². The van der Waals surface area contributed by atoms with Gasteiger partial charge in [-0.05, 0) is 57.1 Å². The molecule has 0 radical (unpaired) electrons. The van der Waals surface area contributed by atoms with Crippen molar-refractivity contribution in [2.24, 2.45) is 5.92 Å². The fraction of sp³-hybridized carbons (Fsp3) is 0.571. The molecular formula is C35H52N4O5. The lowest BCUT2D eigenvalue weighted by atomic mass is 9.82. The van der Waals surface area contributed by atoms with E-state index in [-0.39, 0.29) is 11.8 Å². The highest BCUT2D eigenvalue weighted by atomic mass is 16.6. The highest BCUT2D eigenvalue weighted by Crippen LogP contribution is 2.32. The number of aliphatic hydroxyl groups excluding tert-OH is 1. The third kappa shape index (κ3) is 9.79. The van der Waals surface area contributed by atoms with E-state index in [0.717, 1.165) is 18.5 Å². The van der Waals surface area contributed by atoms with Crippen molar-refractivity contribution in [2.75, 3.05) is 19.6 Å². The van der Waals surface area contributed by atoms with E-state index >= 15 is 0 Å². The van der Waals surface area contributed by atoms with E-state index in [1.165, 1.54) is 5.56 Å². The standard InChI is InChI=1S/C35H52N4O5/c1-7-8-21-39(31(41)29(30(40)26(2)3)37-33(43)44-34(4,5)6)35(32(42)36-24-27-15-11-9-12-16-27)19-22-38(23-20-35)25-28-17-13-10-14-18-28/h9-18,26,29-30,40H,7-8,19-25H2,1-6H3,(H,36,42)(H,37,43)/t29-,30-/m1/s1.